The fourth-order valence-electron chi connectivity index (χ4n) is 3.60. The molecule has 1 amide bonds. The van der Waals surface area contributed by atoms with Gasteiger partial charge in [0, 0.05) is 12.1 Å². The molecule has 4 aromatic rings. The number of nitrogens with one attached hydrogen (secondary N) is 1. The van der Waals surface area contributed by atoms with E-state index in [0.717, 1.165) is 21.9 Å². The number of hydrogen-bond donors (Lipinski definition) is 1. The predicted molar refractivity (Wildman–Crippen MR) is 134 cm³/mol. The highest BCUT2D eigenvalue weighted by Gasteiger charge is 2.09. The molecule has 8 heteroatoms. The van der Waals surface area contributed by atoms with Gasteiger partial charge >= 0.3 is 0 Å². The number of hydrogen-bond acceptors (Lipinski definition) is 6. The van der Waals surface area contributed by atoms with Gasteiger partial charge in [0.1, 0.15) is 6.61 Å². The maximum absolute atomic E-state index is 12.1. The molecule has 0 aliphatic heterocycles. The van der Waals surface area contributed by atoms with E-state index in [4.69, 9.17) is 9.47 Å². The van der Waals surface area contributed by atoms with Crippen molar-refractivity contribution >= 4 is 28.6 Å². The fourth-order valence-corrected chi connectivity index (χ4v) is 3.60. The second kappa shape index (κ2) is 10.9. The SMILES string of the molecule is COc1cc(/C=N/NC(=O)Cc2ccc([N+](=O)[O-])cc2)ccc1OCc1cccc2ccccc12. The van der Waals surface area contributed by atoms with Crippen LogP contribution in [0.2, 0.25) is 0 Å². The first-order valence-corrected chi connectivity index (χ1v) is 10.9. The summed E-state index contributed by atoms with van der Waals surface area (Å²) in [4.78, 5) is 22.3. The molecule has 4 aromatic carbocycles. The number of rotatable bonds is 9. The highest BCUT2D eigenvalue weighted by Crippen LogP contribution is 2.29. The lowest BCUT2D eigenvalue weighted by atomic mass is 10.1. The molecule has 0 saturated carbocycles. The third-order valence-electron chi connectivity index (χ3n) is 5.37. The average molecular weight is 469 g/mol. The molecule has 176 valence electrons. The van der Waals surface area contributed by atoms with Crippen molar-refractivity contribution in [3.05, 3.63) is 112 Å². The van der Waals surface area contributed by atoms with Crippen LogP contribution in [-0.2, 0) is 17.8 Å². The normalized spacial score (nSPS) is 10.9. The van der Waals surface area contributed by atoms with Crippen molar-refractivity contribution in [1.29, 1.82) is 0 Å². The lowest BCUT2D eigenvalue weighted by Crippen LogP contribution is -2.19. The molecule has 1 N–H and O–H groups in total. The van der Waals surface area contributed by atoms with Gasteiger partial charge in [-0.05, 0) is 45.7 Å². The summed E-state index contributed by atoms with van der Waals surface area (Å²) in [7, 11) is 1.56. The maximum atomic E-state index is 12.1. The number of ether oxygens (including phenoxy) is 2. The van der Waals surface area contributed by atoms with Crippen LogP contribution in [0.15, 0.2) is 90.0 Å². The number of fused-ring (bicyclic) bond motifs is 1. The fraction of sp³-hybridized carbons (Fsp3) is 0.111. The number of carbonyl (C=O) groups is 1. The Morgan fingerprint density at radius 2 is 1.77 bits per heavy atom. The van der Waals surface area contributed by atoms with E-state index < -0.39 is 4.92 Å². The molecule has 0 unspecified atom stereocenters. The van der Waals surface area contributed by atoms with E-state index in [1.165, 1.54) is 18.3 Å². The van der Waals surface area contributed by atoms with E-state index >= 15 is 0 Å². The van der Waals surface area contributed by atoms with Gasteiger partial charge in [-0.3, -0.25) is 14.9 Å². The van der Waals surface area contributed by atoms with Crippen LogP contribution in [0.1, 0.15) is 16.7 Å². The van der Waals surface area contributed by atoms with Gasteiger partial charge in [-0.1, -0.05) is 54.6 Å². The minimum Gasteiger partial charge on any atom is -0.493 e. The largest absolute Gasteiger partial charge is 0.493 e. The van der Waals surface area contributed by atoms with Crippen molar-refractivity contribution in [2.45, 2.75) is 13.0 Å². The lowest BCUT2D eigenvalue weighted by molar-refractivity contribution is -0.384. The van der Waals surface area contributed by atoms with Gasteiger partial charge in [-0.25, -0.2) is 5.43 Å². The van der Waals surface area contributed by atoms with Gasteiger partial charge < -0.3 is 9.47 Å². The zero-order valence-electron chi connectivity index (χ0n) is 19.0. The highest BCUT2D eigenvalue weighted by atomic mass is 16.6. The Labute approximate surface area is 202 Å². The Kier molecular flexibility index (Phi) is 7.32. The highest BCUT2D eigenvalue weighted by molar-refractivity contribution is 5.86. The minimum absolute atomic E-state index is 0.0225. The van der Waals surface area contributed by atoms with Gasteiger partial charge in [0.2, 0.25) is 5.91 Å². The Morgan fingerprint density at radius 3 is 2.54 bits per heavy atom. The van der Waals surface area contributed by atoms with Gasteiger partial charge in [0.15, 0.2) is 11.5 Å². The Balaban J connectivity index is 1.36. The summed E-state index contributed by atoms with van der Waals surface area (Å²) >= 11 is 0. The van der Waals surface area contributed by atoms with Crippen LogP contribution in [0.3, 0.4) is 0 Å². The Morgan fingerprint density at radius 1 is 1.00 bits per heavy atom. The van der Waals surface area contributed by atoms with Crippen LogP contribution < -0.4 is 14.9 Å². The first-order valence-electron chi connectivity index (χ1n) is 10.9. The summed E-state index contributed by atoms with van der Waals surface area (Å²) < 4.78 is 11.5. The van der Waals surface area contributed by atoms with Crippen molar-refractivity contribution in [2.75, 3.05) is 7.11 Å². The molecule has 35 heavy (non-hydrogen) atoms. The number of carbonyl (C=O) groups excluding carboxylic acids is 1. The van der Waals surface area contributed by atoms with E-state index in [1.807, 2.05) is 30.3 Å². The molecule has 0 heterocycles. The topological polar surface area (TPSA) is 103 Å². The molecule has 0 aliphatic rings. The van der Waals surface area contributed by atoms with Crippen molar-refractivity contribution in [1.82, 2.24) is 5.43 Å². The van der Waals surface area contributed by atoms with E-state index in [9.17, 15) is 14.9 Å². The van der Waals surface area contributed by atoms with E-state index in [1.54, 1.807) is 31.4 Å². The number of amides is 1. The minimum atomic E-state index is -0.484. The first kappa shape index (κ1) is 23.4. The monoisotopic (exact) mass is 469 g/mol. The number of nitro groups is 1. The summed E-state index contributed by atoms with van der Waals surface area (Å²) in [5.74, 6) is 0.809. The van der Waals surface area contributed by atoms with E-state index in [0.29, 0.717) is 23.7 Å². The molecule has 0 aromatic heterocycles. The summed E-state index contributed by atoms with van der Waals surface area (Å²) in [6.45, 7) is 0.393. The van der Waals surface area contributed by atoms with Gasteiger partial charge in [-0.15, -0.1) is 0 Å². The number of methoxy groups -OCH3 is 1. The van der Waals surface area contributed by atoms with Crippen LogP contribution in [0.5, 0.6) is 11.5 Å². The quantitative estimate of drug-likeness (QED) is 0.210. The smallest absolute Gasteiger partial charge is 0.269 e. The Hall–Kier alpha value is -4.72. The van der Waals surface area contributed by atoms with Crippen molar-refractivity contribution in [3.8, 4) is 11.5 Å². The molecule has 8 nitrogen and oxygen atoms in total. The standard InChI is InChI=1S/C27H23N3O5/c1-34-26-15-20(17-28-29-27(31)16-19-9-12-23(13-10-19)30(32)33)11-14-25(26)35-18-22-7-4-6-21-5-2-3-8-24(21)22/h2-15,17H,16,18H2,1H3,(H,29,31)/b28-17+. The zero-order valence-corrected chi connectivity index (χ0v) is 19.0. The third-order valence-corrected chi connectivity index (χ3v) is 5.37. The van der Waals surface area contributed by atoms with Crippen molar-refractivity contribution in [2.24, 2.45) is 5.10 Å². The molecule has 0 aliphatic carbocycles. The molecule has 0 fully saturated rings. The molecule has 0 atom stereocenters. The molecular weight excluding hydrogens is 446 g/mol. The number of nitrogens with zero attached hydrogens (tertiary/aromatic N) is 2. The van der Waals surface area contributed by atoms with Gasteiger partial charge in [0.05, 0.1) is 24.7 Å². The first-order chi connectivity index (χ1) is 17.0. The van der Waals surface area contributed by atoms with E-state index in [2.05, 4.69) is 28.7 Å². The van der Waals surface area contributed by atoms with Crippen molar-refractivity contribution < 1.29 is 19.2 Å². The van der Waals surface area contributed by atoms with Crippen LogP contribution in [0.4, 0.5) is 5.69 Å². The summed E-state index contributed by atoms with van der Waals surface area (Å²) in [5.41, 5.74) is 4.88. The van der Waals surface area contributed by atoms with Crippen LogP contribution in [0, 0.1) is 10.1 Å². The number of non-ortho nitro benzene ring substituents is 1. The summed E-state index contributed by atoms with van der Waals surface area (Å²) in [6.07, 6.45) is 1.56. The summed E-state index contributed by atoms with van der Waals surface area (Å²) in [6, 6.07) is 25.5. The van der Waals surface area contributed by atoms with Crippen LogP contribution >= 0.6 is 0 Å². The number of benzene rings is 4. The zero-order chi connectivity index (χ0) is 24.6. The Bertz CT molecular complexity index is 1380. The second-order valence-corrected chi connectivity index (χ2v) is 7.73. The van der Waals surface area contributed by atoms with E-state index in [-0.39, 0.29) is 18.0 Å². The summed E-state index contributed by atoms with van der Waals surface area (Å²) in [5, 5.41) is 17.0. The van der Waals surface area contributed by atoms with Gasteiger partial charge in [0.25, 0.3) is 5.69 Å². The van der Waals surface area contributed by atoms with Crippen LogP contribution in [-0.4, -0.2) is 24.2 Å². The lowest BCUT2D eigenvalue weighted by Gasteiger charge is -2.12. The van der Waals surface area contributed by atoms with Gasteiger partial charge in [-0.2, -0.15) is 5.10 Å². The molecular formula is C27H23N3O5. The molecule has 4 rings (SSSR count). The molecule has 0 spiro atoms. The number of hydrazone groups is 1. The molecule has 0 saturated heterocycles. The third kappa shape index (κ3) is 6.00. The predicted octanol–water partition coefficient (Wildman–Crippen LogP) is 5.03. The maximum Gasteiger partial charge on any atom is 0.269 e. The number of nitro benzene ring substituents is 1. The second-order valence-electron chi connectivity index (χ2n) is 7.73. The van der Waals surface area contributed by atoms with Crippen molar-refractivity contribution in [3.63, 3.8) is 0 Å². The van der Waals surface area contributed by atoms with Crippen LogP contribution in [0.25, 0.3) is 10.8 Å². The molecule has 0 radical (unpaired) electrons. The molecule has 0 bridgehead atoms. The average Bonchev–Trinajstić information content (AvgIpc) is 2.88.